The molecule has 1 amide bonds. The van der Waals surface area contributed by atoms with Crippen molar-refractivity contribution in [3.05, 3.63) is 35.7 Å². The topological polar surface area (TPSA) is 79.3 Å². The summed E-state index contributed by atoms with van der Waals surface area (Å²) in [6, 6.07) is 1.62. The molecule has 0 fully saturated rings. The molecule has 1 aromatic heterocycles. The summed E-state index contributed by atoms with van der Waals surface area (Å²) in [5, 5.41) is 11.5. The first-order valence-electron chi connectivity index (χ1n) is 5.69. The van der Waals surface area contributed by atoms with Gasteiger partial charge in [0.1, 0.15) is 0 Å². The van der Waals surface area contributed by atoms with Gasteiger partial charge in [0.15, 0.2) is 0 Å². The van der Waals surface area contributed by atoms with Gasteiger partial charge in [-0.2, -0.15) is 11.8 Å². The minimum atomic E-state index is -1.06. The molecule has 19 heavy (non-hydrogen) atoms. The highest BCUT2D eigenvalue weighted by Gasteiger charge is 2.12. The van der Waals surface area contributed by atoms with Crippen LogP contribution in [0.2, 0.25) is 0 Å². The van der Waals surface area contributed by atoms with Gasteiger partial charge in [0.25, 0.3) is 5.91 Å². The van der Waals surface area contributed by atoms with Gasteiger partial charge in [-0.05, 0) is 25.3 Å². The van der Waals surface area contributed by atoms with Crippen LogP contribution in [-0.2, 0) is 4.79 Å². The number of aromatic nitrogens is 1. The predicted octanol–water partition coefficient (Wildman–Crippen LogP) is 1.66. The molecule has 1 aromatic rings. The standard InChI is InChI=1S/C13H16N2O3S/c1-9(8-19-2)15-13(18)11-5-6-14-7-10(11)3-4-12(16)17/h3-7,9H,8H2,1-2H3,(H,15,18)(H,16,17)/b4-3+. The Morgan fingerprint density at radius 1 is 1.58 bits per heavy atom. The van der Waals surface area contributed by atoms with Crippen molar-refractivity contribution in [2.75, 3.05) is 12.0 Å². The molecule has 0 saturated carbocycles. The van der Waals surface area contributed by atoms with E-state index in [1.807, 2.05) is 13.2 Å². The lowest BCUT2D eigenvalue weighted by Crippen LogP contribution is -2.34. The fourth-order valence-electron chi connectivity index (χ4n) is 1.50. The molecule has 0 aromatic carbocycles. The number of nitrogens with one attached hydrogen (secondary N) is 1. The van der Waals surface area contributed by atoms with E-state index < -0.39 is 5.97 Å². The number of hydrogen-bond donors (Lipinski definition) is 2. The first-order valence-corrected chi connectivity index (χ1v) is 7.08. The zero-order chi connectivity index (χ0) is 14.3. The Hall–Kier alpha value is -1.82. The molecule has 0 aliphatic carbocycles. The Bertz CT molecular complexity index is 489. The van der Waals surface area contributed by atoms with E-state index in [2.05, 4.69) is 10.3 Å². The number of pyridine rings is 1. The van der Waals surface area contributed by atoms with Gasteiger partial charge in [0, 0.05) is 41.4 Å². The van der Waals surface area contributed by atoms with Crippen LogP contribution in [-0.4, -0.2) is 40.0 Å². The number of aliphatic carboxylic acids is 1. The summed E-state index contributed by atoms with van der Waals surface area (Å²) >= 11 is 1.65. The minimum Gasteiger partial charge on any atom is -0.478 e. The van der Waals surface area contributed by atoms with Crippen molar-refractivity contribution in [2.45, 2.75) is 13.0 Å². The van der Waals surface area contributed by atoms with E-state index in [9.17, 15) is 9.59 Å². The summed E-state index contributed by atoms with van der Waals surface area (Å²) in [4.78, 5) is 26.5. The summed E-state index contributed by atoms with van der Waals surface area (Å²) < 4.78 is 0. The van der Waals surface area contributed by atoms with Crippen LogP contribution in [0.3, 0.4) is 0 Å². The number of rotatable bonds is 6. The molecule has 5 nitrogen and oxygen atoms in total. The third-order valence-electron chi connectivity index (χ3n) is 2.30. The maximum atomic E-state index is 12.1. The molecular weight excluding hydrogens is 264 g/mol. The predicted molar refractivity (Wildman–Crippen MR) is 76.2 cm³/mol. The van der Waals surface area contributed by atoms with Crippen LogP contribution in [0.4, 0.5) is 0 Å². The Labute approximate surface area is 116 Å². The maximum absolute atomic E-state index is 12.1. The molecule has 0 spiro atoms. The Balaban J connectivity index is 2.87. The molecule has 1 heterocycles. The minimum absolute atomic E-state index is 0.0481. The van der Waals surface area contributed by atoms with Crippen molar-refractivity contribution in [1.82, 2.24) is 10.3 Å². The number of nitrogens with zero attached hydrogens (tertiary/aromatic N) is 1. The normalized spacial score (nSPS) is 12.3. The van der Waals surface area contributed by atoms with Crippen molar-refractivity contribution >= 4 is 29.7 Å². The fraction of sp³-hybridized carbons (Fsp3) is 0.308. The summed E-state index contributed by atoms with van der Waals surface area (Å²) in [6.45, 7) is 1.92. The van der Waals surface area contributed by atoms with Gasteiger partial charge in [0.05, 0.1) is 0 Å². The summed E-state index contributed by atoms with van der Waals surface area (Å²) in [5.41, 5.74) is 0.902. The quantitative estimate of drug-likeness (QED) is 0.775. The lowest BCUT2D eigenvalue weighted by molar-refractivity contribution is -0.131. The Morgan fingerprint density at radius 3 is 2.95 bits per heavy atom. The number of carbonyl (C=O) groups is 2. The van der Waals surface area contributed by atoms with E-state index >= 15 is 0 Å². The van der Waals surface area contributed by atoms with Gasteiger partial charge in [-0.15, -0.1) is 0 Å². The van der Waals surface area contributed by atoms with Crippen molar-refractivity contribution < 1.29 is 14.7 Å². The molecule has 1 rings (SSSR count). The fourth-order valence-corrected chi connectivity index (χ4v) is 2.08. The van der Waals surface area contributed by atoms with Crippen LogP contribution in [0, 0.1) is 0 Å². The molecule has 0 aliphatic rings. The summed E-state index contributed by atoms with van der Waals surface area (Å²) in [6.07, 6.45) is 7.29. The highest BCUT2D eigenvalue weighted by Crippen LogP contribution is 2.10. The van der Waals surface area contributed by atoms with E-state index in [4.69, 9.17) is 5.11 Å². The van der Waals surface area contributed by atoms with Crippen LogP contribution in [0.25, 0.3) is 6.08 Å². The van der Waals surface area contributed by atoms with E-state index in [0.717, 1.165) is 11.8 Å². The molecule has 0 radical (unpaired) electrons. The van der Waals surface area contributed by atoms with Crippen molar-refractivity contribution in [1.29, 1.82) is 0 Å². The van der Waals surface area contributed by atoms with Crippen LogP contribution >= 0.6 is 11.8 Å². The summed E-state index contributed by atoms with van der Waals surface area (Å²) in [5.74, 6) is -0.475. The molecule has 0 aliphatic heterocycles. The van der Waals surface area contributed by atoms with Crippen LogP contribution in [0.15, 0.2) is 24.5 Å². The lowest BCUT2D eigenvalue weighted by atomic mass is 10.1. The lowest BCUT2D eigenvalue weighted by Gasteiger charge is -2.13. The largest absolute Gasteiger partial charge is 0.478 e. The van der Waals surface area contributed by atoms with Gasteiger partial charge in [-0.25, -0.2) is 4.79 Å². The molecule has 2 N–H and O–H groups in total. The third kappa shape index (κ3) is 5.13. The maximum Gasteiger partial charge on any atom is 0.328 e. The zero-order valence-electron chi connectivity index (χ0n) is 10.8. The van der Waals surface area contributed by atoms with Crippen molar-refractivity contribution in [3.8, 4) is 0 Å². The Kier molecular flexibility index (Phi) is 6.08. The number of carboxylic acids is 1. The second kappa shape index (κ2) is 7.58. The smallest absolute Gasteiger partial charge is 0.328 e. The number of thioether (sulfide) groups is 1. The number of amides is 1. The van der Waals surface area contributed by atoms with Gasteiger partial charge >= 0.3 is 5.97 Å². The van der Waals surface area contributed by atoms with Crippen molar-refractivity contribution in [2.24, 2.45) is 0 Å². The monoisotopic (exact) mass is 280 g/mol. The molecule has 102 valence electrons. The molecule has 0 bridgehead atoms. The molecule has 1 unspecified atom stereocenters. The highest BCUT2D eigenvalue weighted by atomic mass is 32.2. The first kappa shape index (κ1) is 15.2. The van der Waals surface area contributed by atoms with Gasteiger partial charge in [0.2, 0.25) is 0 Å². The molecular formula is C13H16N2O3S. The first-order chi connectivity index (χ1) is 9.04. The van der Waals surface area contributed by atoms with Crippen LogP contribution in [0.1, 0.15) is 22.8 Å². The van der Waals surface area contributed by atoms with Crippen LogP contribution < -0.4 is 5.32 Å². The van der Waals surface area contributed by atoms with E-state index in [1.165, 1.54) is 18.5 Å². The molecule has 0 saturated heterocycles. The zero-order valence-corrected chi connectivity index (χ0v) is 11.6. The number of carboxylic acid groups (broad SMARTS) is 1. The SMILES string of the molecule is CSCC(C)NC(=O)c1ccncc1/C=C/C(=O)O. The molecule has 6 heteroatoms. The Morgan fingerprint density at radius 2 is 2.32 bits per heavy atom. The van der Waals surface area contributed by atoms with E-state index in [0.29, 0.717) is 11.1 Å². The number of hydrogen-bond acceptors (Lipinski definition) is 4. The third-order valence-corrected chi connectivity index (χ3v) is 3.13. The number of carbonyl (C=O) groups excluding carboxylic acids is 1. The average Bonchev–Trinajstić information content (AvgIpc) is 2.36. The van der Waals surface area contributed by atoms with Gasteiger partial charge < -0.3 is 10.4 Å². The van der Waals surface area contributed by atoms with Gasteiger partial charge in [-0.1, -0.05) is 0 Å². The van der Waals surface area contributed by atoms with Gasteiger partial charge in [-0.3, -0.25) is 9.78 Å². The average molecular weight is 280 g/mol. The van der Waals surface area contributed by atoms with E-state index in [-0.39, 0.29) is 11.9 Å². The summed E-state index contributed by atoms with van der Waals surface area (Å²) in [7, 11) is 0. The second-order valence-electron chi connectivity index (χ2n) is 3.96. The van der Waals surface area contributed by atoms with E-state index in [1.54, 1.807) is 17.8 Å². The second-order valence-corrected chi connectivity index (χ2v) is 4.88. The van der Waals surface area contributed by atoms with Crippen molar-refractivity contribution in [3.63, 3.8) is 0 Å². The highest BCUT2D eigenvalue weighted by molar-refractivity contribution is 7.98. The van der Waals surface area contributed by atoms with Crippen LogP contribution in [0.5, 0.6) is 0 Å². The molecule has 1 atom stereocenters.